The van der Waals surface area contributed by atoms with Crippen molar-refractivity contribution in [2.24, 2.45) is 0 Å². The van der Waals surface area contributed by atoms with Crippen LogP contribution in [-0.2, 0) is 0 Å². The molecule has 9 nitrogen and oxygen atoms in total. The Morgan fingerprint density at radius 1 is 0.600 bits per heavy atom. The number of allylic oxidation sites excluding steroid dienone is 7. The van der Waals surface area contributed by atoms with Crippen LogP contribution in [0.15, 0.2) is 59.9 Å². The fourth-order valence-electron chi connectivity index (χ4n) is 5.54. The molecule has 0 saturated heterocycles. The Morgan fingerprint density at radius 3 is 1.73 bits per heavy atom. The van der Waals surface area contributed by atoms with Crippen molar-refractivity contribution in [1.82, 2.24) is 0 Å². The Hall–Kier alpha value is -7.97. The molecule has 0 aromatic heterocycles. The molecule has 0 unspecified atom stereocenters. The molecule has 5 rings (SSSR count). The molecule has 0 saturated carbocycles. The minimum atomic E-state index is -0.340. The normalized spacial score (nSPS) is 14.5. The summed E-state index contributed by atoms with van der Waals surface area (Å²) < 4.78 is 0. The van der Waals surface area contributed by atoms with E-state index in [1.807, 2.05) is 24.3 Å². The number of hydrogen-bond donors (Lipinski definition) is 0. The molecule has 3 aromatic carbocycles. The average Bonchev–Trinajstić information content (AvgIpc) is 3.56. The van der Waals surface area contributed by atoms with E-state index in [2.05, 4.69) is 25.4 Å². The van der Waals surface area contributed by atoms with Crippen LogP contribution in [0, 0.1) is 89.9 Å². The number of nitrogens with zero attached hydrogens (tertiary/aromatic N) is 9. The van der Waals surface area contributed by atoms with Crippen LogP contribution in [0.2, 0.25) is 0 Å². The van der Waals surface area contributed by atoms with Crippen LogP contribution in [0.5, 0.6) is 0 Å². The van der Waals surface area contributed by atoms with Crippen molar-refractivity contribution in [2.45, 2.75) is 6.92 Å². The number of hydrogen-bond acceptors (Lipinski definition) is 5. The van der Waals surface area contributed by atoms with Gasteiger partial charge >= 0.3 is 0 Å². The van der Waals surface area contributed by atoms with Gasteiger partial charge in [-0.25, -0.2) is 29.9 Å². The lowest BCUT2D eigenvalue weighted by Gasteiger charge is -2.13. The monoisotopic (exact) mass is 569 g/mol. The third-order valence-corrected chi connectivity index (χ3v) is 7.51. The van der Waals surface area contributed by atoms with E-state index in [-0.39, 0.29) is 56.1 Å². The van der Waals surface area contributed by atoms with Gasteiger partial charge in [0, 0.05) is 5.57 Å². The number of nitriles is 5. The first-order valence-corrected chi connectivity index (χ1v) is 12.8. The van der Waals surface area contributed by atoms with Crippen molar-refractivity contribution in [2.75, 3.05) is 0 Å². The van der Waals surface area contributed by atoms with Gasteiger partial charge in [0.1, 0.15) is 18.2 Å². The third-order valence-electron chi connectivity index (χ3n) is 7.51. The molecule has 0 bridgehead atoms. The SMILES string of the molecule is [C-]#[N+]C1=C(c2ccc(C)c([N+]#[C-])c2)/C(=C(/C#N)[N+]#[C-])c2cc3c(cc21)C(C#N)=C(c1ccc(C#N)c(C#N)c1)/C3=C(\C#N)[N+]#[C-]. The van der Waals surface area contributed by atoms with Gasteiger partial charge in [-0.2, -0.15) is 15.8 Å². The van der Waals surface area contributed by atoms with Crippen molar-refractivity contribution < 1.29 is 0 Å². The van der Waals surface area contributed by atoms with Gasteiger partial charge in [0.2, 0.25) is 5.70 Å². The summed E-state index contributed by atoms with van der Waals surface area (Å²) in [5.41, 5.74) is 3.54. The number of aryl methyl sites for hydroxylation is 1. The molecular weight excluding hydrogens is 558 g/mol. The van der Waals surface area contributed by atoms with E-state index < -0.39 is 0 Å². The zero-order valence-electron chi connectivity index (χ0n) is 23.1. The third kappa shape index (κ3) is 4.17. The van der Waals surface area contributed by atoms with Crippen LogP contribution < -0.4 is 0 Å². The topological polar surface area (TPSA) is 136 Å². The summed E-state index contributed by atoms with van der Waals surface area (Å²) in [7, 11) is 0. The molecule has 0 heterocycles. The average molecular weight is 570 g/mol. The Labute approximate surface area is 258 Å². The van der Waals surface area contributed by atoms with Crippen molar-refractivity contribution in [3.05, 3.63) is 156 Å². The van der Waals surface area contributed by atoms with Gasteiger partial charge in [0.15, 0.2) is 5.69 Å². The largest absolute Gasteiger partial charge is 0.270 e. The smallest absolute Gasteiger partial charge is 0.238 e. The van der Waals surface area contributed by atoms with Crippen LogP contribution in [0.1, 0.15) is 50.1 Å². The molecule has 0 atom stereocenters. The summed E-state index contributed by atoms with van der Waals surface area (Å²) in [6.07, 6.45) is 0. The van der Waals surface area contributed by atoms with E-state index >= 15 is 0 Å². The maximum absolute atomic E-state index is 10.4. The predicted octanol–water partition coefficient (Wildman–Crippen LogP) is 7.85. The highest BCUT2D eigenvalue weighted by atomic mass is 14.7. The molecule has 0 aliphatic heterocycles. The van der Waals surface area contributed by atoms with Crippen molar-refractivity contribution >= 4 is 39.2 Å². The van der Waals surface area contributed by atoms with Gasteiger partial charge in [0.25, 0.3) is 11.4 Å². The van der Waals surface area contributed by atoms with Crippen molar-refractivity contribution in [3.63, 3.8) is 0 Å². The summed E-state index contributed by atoms with van der Waals surface area (Å²) in [5, 5.41) is 49.4. The highest BCUT2D eigenvalue weighted by Gasteiger charge is 2.37. The van der Waals surface area contributed by atoms with Gasteiger partial charge in [-0.15, -0.1) is 0 Å². The molecule has 200 valence electrons. The molecule has 45 heavy (non-hydrogen) atoms. The fraction of sp³-hybridized carbons (Fsp3) is 0.0278. The second-order valence-corrected chi connectivity index (χ2v) is 9.63. The summed E-state index contributed by atoms with van der Waals surface area (Å²) in [6, 6.07) is 22.4. The van der Waals surface area contributed by atoms with E-state index in [0.717, 1.165) is 0 Å². The molecule has 3 aromatic rings. The molecular formula is C36H11N9. The summed E-state index contributed by atoms with van der Waals surface area (Å²) in [6.45, 7) is 32.9. The molecule has 0 fully saturated rings. The molecule has 0 amide bonds. The second-order valence-electron chi connectivity index (χ2n) is 9.63. The second kappa shape index (κ2) is 11.1. The van der Waals surface area contributed by atoms with Gasteiger partial charge in [0.05, 0.1) is 55.1 Å². The van der Waals surface area contributed by atoms with Gasteiger partial charge in [-0.3, -0.25) is 0 Å². The maximum atomic E-state index is 10.4. The fourth-order valence-corrected chi connectivity index (χ4v) is 5.54. The molecule has 0 spiro atoms. The van der Waals surface area contributed by atoms with Crippen LogP contribution >= 0.6 is 0 Å². The molecule has 0 N–H and O–H groups in total. The predicted molar refractivity (Wildman–Crippen MR) is 164 cm³/mol. The standard InChI is InChI=1S/C36H11N9/c1-19-6-7-21(11-29(19)42-2)33-35(31(18-41)44-4)26-13-25-24(12-27(26)36(33)45-5)28(16-39)32(34(25)30(17-40)43-3)20-8-9-22(14-37)23(10-20)15-38/h6-13H,1H3/b34-30+,35-31-. The van der Waals surface area contributed by atoms with E-state index in [4.69, 9.17) is 26.3 Å². The molecule has 0 radical (unpaired) electrons. The Bertz CT molecular complexity index is 2440. The first-order chi connectivity index (χ1) is 21.8. The Kier molecular flexibility index (Phi) is 7.06. The van der Waals surface area contributed by atoms with Crippen LogP contribution in [0.25, 0.3) is 52.9 Å². The number of rotatable bonds is 2. The maximum Gasteiger partial charge on any atom is 0.270 e. The van der Waals surface area contributed by atoms with Crippen LogP contribution in [0.3, 0.4) is 0 Å². The van der Waals surface area contributed by atoms with Crippen molar-refractivity contribution in [3.8, 4) is 30.3 Å². The van der Waals surface area contributed by atoms with Gasteiger partial charge in [-0.1, -0.05) is 24.3 Å². The summed E-state index contributed by atoms with van der Waals surface area (Å²) >= 11 is 0. The quantitative estimate of drug-likeness (QED) is 0.229. The first-order valence-electron chi connectivity index (χ1n) is 12.8. The molecule has 2 aliphatic carbocycles. The minimum Gasteiger partial charge on any atom is -0.238 e. The lowest BCUT2D eigenvalue weighted by molar-refractivity contribution is 1.42. The summed E-state index contributed by atoms with van der Waals surface area (Å²) in [5.74, 6) is 0. The van der Waals surface area contributed by atoms with Crippen LogP contribution in [0.4, 0.5) is 5.69 Å². The lowest BCUT2D eigenvalue weighted by Crippen LogP contribution is -1.95. The minimum absolute atomic E-state index is 0.0413. The Balaban J connectivity index is 1.94. The molecule has 9 heteroatoms. The first kappa shape index (κ1) is 28.6. The van der Waals surface area contributed by atoms with Crippen LogP contribution in [-0.4, -0.2) is 0 Å². The van der Waals surface area contributed by atoms with Crippen molar-refractivity contribution in [1.29, 1.82) is 26.3 Å². The zero-order valence-corrected chi connectivity index (χ0v) is 23.1. The highest BCUT2D eigenvalue weighted by molar-refractivity contribution is 6.29. The highest BCUT2D eigenvalue weighted by Crippen LogP contribution is 2.55. The van der Waals surface area contributed by atoms with Gasteiger partial charge < -0.3 is 0 Å². The van der Waals surface area contributed by atoms with Gasteiger partial charge in [-0.05, 0) is 86.9 Å². The number of benzene rings is 3. The van der Waals surface area contributed by atoms with E-state index in [1.165, 1.54) is 18.2 Å². The van der Waals surface area contributed by atoms with E-state index in [9.17, 15) is 26.3 Å². The number of fused-ring (bicyclic) bond motifs is 2. The summed E-state index contributed by atoms with van der Waals surface area (Å²) in [4.78, 5) is 14.2. The molecule has 2 aliphatic rings. The van der Waals surface area contributed by atoms with E-state index in [1.54, 1.807) is 37.3 Å². The zero-order chi connectivity index (χ0) is 32.4. The lowest BCUT2D eigenvalue weighted by atomic mass is 9.90. The Morgan fingerprint density at radius 2 is 1.18 bits per heavy atom. The van der Waals surface area contributed by atoms with E-state index in [0.29, 0.717) is 44.6 Å².